The molecule has 1 aliphatic heterocycles. The average molecular weight is 503 g/mol. The van der Waals surface area contributed by atoms with Gasteiger partial charge in [-0.05, 0) is 71.0 Å². The molecule has 9 heteroatoms. The molecular formula is C27H33F3N4O2. The highest BCUT2D eigenvalue weighted by Gasteiger charge is 2.49. The zero-order chi connectivity index (χ0) is 25.6. The number of carbonyl (C=O) groups excluding carboxylic acids is 1. The second-order valence-electron chi connectivity index (χ2n) is 10.6. The third-order valence-electron chi connectivity index (χ3n) is 7.90. The van der Waals surface area contributed by atoms with Crippen molar-refractivity contribution in [1.29, 1.82) is 0 Å². The molecule has 6 nitrogen and oxygen atoms in total. The number of aromatic nitrogens is 1. The molecule has 2 N–H and O–H groups in total. The Kier molecular flexibility index (Phi) is 6.85. The summed E-state index contributed by atoms with van der Waals surface area (Å²) in [6.07, 6.45) is 3.78. The molecule has 2 heterocycles. The van der Waals surface area contributed by atoms with E-state index >= 15 is 0 Å². The van der Waals surface area contributed by atoms with Gasteiger partial charge in [0, 0.05) is 29.9 Å². The maximum absolute atomic E-state index is 14.7. The molecule has 3 fully saturated rings. The minimum atomic E-state index is -2.94. The third kappa shape index (κ3) is 5.16. The Labute approximate surface area is 208 Å². The van der Waals surface area contributed by atoms with Crippen molar-refractivity contribution in [1.82, 2.24) is 14.8 Å². The SMILES string of the molecule is CC(NC(=O)c1cn([C@@H]2C[C@H]2C2CC2)c(=O)cc1NC1CCN(C)CC1)c1cccc(C(F)F)c1F. The number of anilines is 1. The molecule has 2 aliphatic carbocycles. The van der Waals surface area contributed by atoms with E-state index < -0.39 is 29.8 Å². The number of benzene rings is 1. The van der Waals surface area contributed by atoms with Crippen LogP contribution in [-0.2, 0) is 0 Å². The zero-order valence-corrected chi connectivity index (χ0v) is 20.6. The molecule has 194 valence electrons. The van der Waals surface area contributed by atoms with Gasteiger partial charge in [0.1, 0.15) is 5.82 Å². The Hall–Kier alpha value is -2.81. The van der Waals surface area contributed by atoms with Gasteiger partial charge in [-0.2, -0.15) is 0 Å². The second-order valence-corrected chi connectivity index (χ2v) is 10.6. The number of alkyl halides is 2. The van der Waals surface area contributed by atoms with Crippen molar-refractivity contribution >= 4 is 11.6 Å². The summed E-state index contributed by atoms with van der Waals surface area (Å²) in [5.74, 6) is -0.338. The van der Waals surface area contributed by atoms with Crippen LogP contribution in [0, 0.1) is 17.7 Å². The van der Waals surface area contributed by atoms with Crippen molar-refractivity contribution in [2.24, 2.45) is 11.8 Å². The smallest absolute Gasteiger partial charge is 0.266 e. The third-order valence-corrected chi connectivity index (χ3v) is 7.90. The first-order valence-corrected chi connectivity index (χ1v) is 12.8. The summed E-state index contributed by atoms with van der Waals surface area (Å²) in [4.78, 5) is 28.7. The van der Waals surface area contributed by atoms with Gasteiger partial charge in [0.05, 0.1) is 22.9 Å². The molecule has 1 saturated heterocycles. The number of likely N-dealkylation sites (tertiary alicyclic amines) is 1. The van der Waals surface area contributed by atoms with E-state index in [1.54, 1.807) is 17.7 Å². The Morgan fingerprint density at radius 2 is 1.81 bits per heavy atom. The number of piperidine rings is 1. The van der Waals surface area contributed by atoms with Crippen LogP contribution in [0.3, 0.4) is 0 Å². The monoisotopic (exact) mass is 502 g/mol. The van der Waals surface area contributed by atoms with Gasteiger partial charge >= 0.3 is 0 Å². The van der Waals surface area contributed by atoms with Gasteiger partial charge in [0.2, 0.25) is 0 Å². The predicted octanol–water partition coefficient (Wildman–Crippen LogP) is 4.89. The lowest BCUT2D eigenvalue weighted by Gasteiger charge is -2.30. The van der Waals surface area contributed by atoms with E-state index in [1.807, 2.05) is 0 Å². The maximum Gasteiger partial charge on any atom is 0.266 e. The van der Waals surface area contributed by atoms with Crippen LogP contribution in [0.5, 0.6) is 0 Å². The number of rotatable bonds is 8. The largest absolute Gasteiger partial charge is 0.381 e. The van der Waals surface area contributed by atoms with E-state index in [0.29, 0.717) is 23.1 Å². The van der Waals surface area contributed by atoms with Crippen LogP contribution < -0.4 is 16.2 Å². The molecule has 0 radical (unpaired) electrons. The molecule has 5 rings (SSSR count). The van der Waals surface area contributed by atoms with Crippen LogP contribution in [0.25, 0.3) is 0 Å². The van der Waals surface area contributed by atoms with Crippen molar-refractivity contribution in [3.8, 4) is 0 Å². The van der Waals surface area contributed by atoms with Crippen LogP contribution in [0.4, 0.5) is 18.9 Å². The van der Waals surface area contributed by atoms with Gasteiger partial charge < -0.3 is 20.1 Å². The summed E-state index contributed by atoms with van der Waals surface area (Å²) >= 11 is 0. The lowest BCUT2D eigenvalue weighted by molar-refractivity contribution is 0.0939. The Morgan fingerprint density at radius 1 is 1.11 bits per heavy atom. The molecule has 1 amide bonds. The molecule has 1 aromatic heterocycles. The van der Waals surface area contributed by atoms with Crippen LogP contribution in [0.1, 0.15) is 79.0 Å². The minimum Gasteiger partial charge on any atom is -0.381 e. The lowest BCUT2D eigenvalue weighted by atomic mass is 10.0. The van der Waals surface area contributed by atoms with E-state index in [9.17, 15) is 22.8 Å². The Balaban J connectivity index is 1.41. The normalized spacial score (nSPS) is 23.5. The van der Waals surface area contributed by atoms with Gasteiger partial charge in [-0.1, -0.05) is 18.2 Å². The number of amides is 1. The fraction of sp³-hybridized carbons (Fsp3) is 0.556. The topological polar surface area (TPSA) is 66.4 Å². The molecule has 3 aliphatic rings. The molecule has 0 bridgehead atoms. The van der Waals surface area contributed by atoms with Gasteiger partial charge in [0.15, 0.2) is 0 Å². The lowest BCUT2D eigenvalue weighted by Crippen LogP contribution is -2.38. The maximum atomic E-state index is 14.7. The van der Waals surface area contributed by atoms with E-state index in [-0.39, 0.29) is 23.2 Å². The van der Waals surface area contributed by atoms with Crippen LogP contribution in [-0.4, -0.2) is 41.6 Å². The summed E-state index contributed by atoms with van der Waals surface area (Å²) < 4.78 is 42.7. The van der Waals surface area contributed by atoms with E-state index in [1.165, 1.54) is 31.0 Å². The van der Waals surface area contributed by atoms with Gasteiger partial charge in [0.25, 0.3) is 17.9 Å². The number of hydrogen-bond donors (Lipinski definition) is 2. The predicted molar refractivity (Wildman–Crippen MR) is 132 cm³/mol. The molecule has 1 unspecified atom stereocenters. The molecular weight excluding hydrogens is 469 g/mol. The summed E-state index contributed by atoms with van der Waals surface area (Å²) in [6.45, 7) is 3.39. The highest BCUT2D eigenvalue weighted by Crippen LogP contribution is 2.56. The Bertz CT molecular complexity index is 1190. The van der Waals surface area contributed by atoms with Crippen LogP contribution in [0.2, 0.25) is 0 Å². The fourth-order valence-corrected chi connectivity index (χ4v) is 5.46. The van der Waals surface area contributed by atoms with Crippen LogP contribution >= 0.6 is 0 Å². The summed E-state index contributed by atoms with van der Waals surface area (Å²) in [7, 11) is 2.06. The quantitative estimate of drug-likeness (QED) is 0.539. The van der Waals surface area contributed by atoms with E-state index in [2.05, 4.69) is 22.6 Å². The molecule has 1 aromatic carbocycles. The van der Waals surface area contributed by atoms with Gasteiger partial charge in [-0.3, -0.25) is 9.59 Å². The number of nitrogens with zero attached hydrogens (tertiary/aromatic N) is 2. The number of hydrogen-bond acceptors (Lipinski definition) is 4. The number of nitrogens with one attached hydrogen (secondary N) is 2. The highest BCUT2D eigenvalue weighted by molar-refractivity contribution is 5.99. The second kappa shape index (κ2) is 9.92. The number of carbonyl (C=O) groups is 1. The van der Waals surface area contributed by atoms with Crippen LogP contribution in [0.15, 0.2) is 35.3 Å². The first-order chi connectivity index (χ1) is 17.2. The van der Waals surface area contributed by atoms with Crippen molar-refractivity contribution in [2.75, 3.05) is 25.5 Å². The molecule has 36 heavy (non-hydrogen) atoms. The summed E-state index contributed by atoms with van der Waals surface area (Å²) in [5.41, 5.74) is -0.0612. The fourth-order valence-electron chi connectivity index (χ4n) is 5.46. The average Bonchev–Trinajstić information content (AvgIpc) is 3.74. The Morgan fingerprint density at radius 3 is 2.47 bits per heavy atom. The first-order valence-electron chi connectivity index (χ1n) is 12.8. The number of halogens is 3. The molecule has 3 atom stereocenters. The van der Waals surface area contributed by atoms with E-state index in [0.717, 1.165) is 38.4 Å². The van der Waals surface area contributed by atoms with Crippen molar-refractivity contribution in [3.63, 3.8) is 0 Å². The highest BCUT2D eigenvalue weighted by atomic mass is 19.3. The molecule has 0 spiro atoms. The standard InChI is InChI=1S/C27H33F3N4O2/c1-15(18-4-3-5-19(25(18)28)26(29)30)31-27(36)21-14-34(23-12-20(23)16-6-7-16)24(35)13-22(21)32-17-8-10-33(2)11-9-17/h3-5,13-17,20,23,26,32H,6-12H2,1-2H3,(H,31,36)/t15?,20-,23+/m0/s1. The number of pyridine rings is 1. The minimum absolute atomic E-state index is 0.00436. The van der Waals surface area contributed by atoms with E-state index in [4.69, 9.17) is 0 Å². The summed E-state index contributed by atoms with van der Waals surface area (Å²) in [5, 5.41) is 6.17. The molecule has 2 saturated carbocycles. The van der Waals surface area contributed by atoms with Gasteiger partial charge in [-0.15, -0.1) is 0 Å². The molecule has 2 aromatic rings. The van der Waals surface area contributed by atoms with Crippen molar-refractivity contribution in [3.05, 3.63) is 63.3 Å². The van der Waals surface area contributed by atoms with Gasteiger partial charge in [-0.25, -0.2) is 13.2 Å². The summed E-state index contributed by atoms with van der Waals surface area (Å²) in [6, 6.07) is 4.69. The van der Waals surface area contributed by atoms with Crippen molar-refractivity contribution < 1.29 is 18.0 Å². The zero-order valence-electron chi connectivity index (χ0n) is 20.6. The first kappa shape index (κ1) is 24.9. The van der Waals surface area contributed by atoms with Crippen molar-refractivity contribution in [2.45, 2.75) is 63.6 Å².